The van der Waals surface area contributed by atoms with Crippen LogP contribution in [-0.4, -0.2) is 32.4 Å². The summed E-state index contributed by atoms with van der Waals surface area (Å²) in [6.45, 7) is 2.25. The Morgan fingerprint density at radius 3 is 2.63 bits per heavy atom. The molecule has 0 bridgehead atoms. The van der Waals surface area contributed by atoms with Gasteiger partial charge in [-0.2, -0.15) is 4.31 Å². The van der Waals surface area contributed by atoms with Crippen molar-refractivity contribution in [3.8, 4) is 0 Å². The van der Waals surface area contributed by atoms with Crippen molar-refractivity contribution < 1.29 is 8.42 Å². The lowest BCUT2D eigenvalue weighted by Crippen LogP contribution is -2.35. The van der Waals surface area contributed by atoms with Gasteiger partial charge in [-0.3, -0.25) is 0 Å². The fourth-order valence-electron chi connectivity index (χ4n) is 2.85. The number of benzene rings is 1. The van der Waals surface area contributed by atoms with Crippen LogP contribution in [0, 0.1) is 0 Å². The summed E-state index contributed by atoms with van der Waals surface area (Å²) in [6, 6.07) is 5.52. The van der Waals surface area contributed by atoms with E-state index in [1.807, 2.05) is 6.07 Å². The Kier molecular flexibility index (Phi) is 3.50. The monoisotopic (exact) mass is 280 g/mol. The molecular weight excluding hydrogens is 260 g/mol. The van der Waals surface area contributed by atoms with E-state index in [9.17, 15) is 8.42 Å². The normalized spacial score (nSPS) is 20.6. The topological polar surface area (TPSA) is 49.4 Å². The second-order valence-corrected chi connectivity index (χ2v) is 7.25. The van der Waals surface area contributed by atoms with E-state index in [1.54, 1.807) is 16.4 Å². The highest BCUT2D eigenvalue weighted by atomic mass is 32.2. The SMILES string of the molecule is O=S(=O)(c1ccc2c(c1)NCCC2)N1CCCCC1. The van der Waals surface area contributed by atoms with Crippen LogP contribution in [0.4, 0.5) is 5.69 Å². The van der Waals surface area contributed by atoms with Gasteiger partial charge in [0.05, 0.1) is 4.90 Å². The molecule has 1 N–H and O–H groups in total. The van der Waals surface area contributed by atoms with Gasteiger partial charge in [-0.25, -0.2) is 8.42 Å². The van der Waals surface area contributed by atoms with E-state index >= 15 is 0 Å². The van der Waals surface area contributed by atoms with E-state index in [2.05, 4.69) is 5.32 Å². The number of nitrogens with one attached hydrogen (secondary N) is 1. The number of nitrogens with zero attached hydrogens (tertiary/aromatic N) is 1. The zero-order valence-corrected chi connectivity index (χ0v) is 11.9. The zero-order chi connectivity index (χ0) is 13.3. The number of piperidine rings is 1. The van der Waals surface area contributed by atoms with E-state index in [0.717, 1.165) is 44.3 Å². The molecule has 5 heteroatoms. The van der Waals surface area contributed by atoms with Gasteiger partial charge in [0, 0.05) is 25.3 Å². The van der Waals surface area contributed by atoms with Crippen molar-refractivity contribution in [2.45, 2.75) is 37.0 Å². The average molecular weight is 280 g/mol. The van der Waals surface area contributed by atoms with Crippen molar-refractivity contribution in [2.75, 3.05) is 25.0 Å². The Morgan fingerprint density at radius 1 is 1.05 bits per heavy atom. The minimum absolute atomic E-state index is 0.433. The predicted molar refractivity (Wildman–Crippen MR) is 75.9 cm³/mol. The fourth-order valence-corrected chi connectivity index (χ4v) is 4.40. The van der Waals surface area contributed by atoms with Gasteiger partial charge in [-0.05, 0) is 43.4 Å². The number of aryl methyl sites for hydroxylation is 1. The molecule has 0 spiro atoms. The molecular formula is C14H20N2O2S. The average Bonchev–Trinajstić information content (AvgIpc) is 2.47. The molecule has 2 heterocycles. The summed E-state index contributed by atoms with van der Waals surface area (Å²) in [5.74, 6) is 0. The van der Waals surface area contributed by atoms with Crippen LogP contribution < -0.4 is 5.32 Å². The van der Waals surface area contributed by atoms with E-state index in [4.69, 9.17) is 0 Å². The Bertz CT molecular complexity index is 563. The number of hydrogen-bond donors (Lipinski definition) is 1. The smallest absolute Gasteiger partial charge is 0.243 e. The fraction of sp³-hybridized carbons (Fsp3) is 0.571. The lowest BCUT2D eigenvalue weighted by Gasteiger charge is -2.26. The minimum atomic E-state index is -3.30. The van der Waals surface area contributed by atoms with Crippen LogP contribution in [0.25, 0.3) is 0 Å². The van der Waals surface area contributed by atoms with E-state index < -0.39 is 10.0 Å². The summed E-state index contributed by atoms with van der Waals surface area (Å²) < 4.78 is 26.8. The van der Waals surface area contributed by atoms with Crippen molar-refractivity contribution in [3.05, 3.63) is 23.8 Å². The Hall–Kier alpha value is -1.07. The Morgan fingerprint density at radius 2 is 1.84 bits per heavy atom. The molecule has 2 aliphatic heterocycles. The first kappa shape index (κ1) is 12.9. The minimum Gasteiger partial charge on any atom is -0.385 e. The third-order valence-corrected chi connectivity index (χ3v) is 5.87. The molecule has 1 fully saturated rings. The molecule has 4 nitrogen and oxygen atoms in total. The molecule has 1 aromatic rings. The maximum atomic E-state index is 12.6. The third kappa shape index (κ3) is 2.49. The molecule has 0 aromatic heterocycles. The van der Waals surface area contributed by atoms with E-state index in [0.29, 0.717) is 18.0 Å². The highest BCUT2D eigenvalue weighted by molar-refractivity contribution is 7.89. The highest BCUT2D eigenvalue weighted by Crippen LogP contribution is 2.27. The first-order chi connectivity index (χ1) is 9.18. The zero-order valence-electron chi connectivity index (χ0n) is 11.1. The van der Waals surface area contributed by atoms with Crippen molar-refractivity contribution in [1.29, 1.82) is 0 Å². The first-order valence-corrected chi connectivity index (χ1v) is 8.49. The van der Waals surface area contributed by atoms with Crippen molar-refractivity contribution in [2.24, 2.45) is 0 Å². The van der Waals surface area contributed by atoms with Crippen molar-refractivity contribution >= 4 is 15.7 Å². The molecule has 19 heavy (non-hydrogen) atoms. The second kappa shape index (κ2) is 5.13. The number of rotatable bonds is 2. The van der Waals surface area contributed by atoms with E-state index in [1.165, 1.54) is 5.56 Å². The molecule has 2 aliphatic rings. The van der Waals surface area contributed by atoms with Gasteiger partial charge in [0.2, 0.25) is 10.0 Å². The van der Waals surface area contributed by atoms with Crippen LogP contribution in [0.3, 0.4) is 0 Å². The highest BCUT2D eigenvalue weighted by Gasteiger charge is 2.26. The predicted octanol–water partition coefficient (Wildman–Crippen LogP) is 2.22. The van der Waals surface area contributed by atoms with Crippen molar-refractivity contribution in [3.63, 3.8) is 0 Å². The van der Waals surface area contributed by atoms with Crippen LogP contribution >= 0.6 is 0 Å². The maximum absolute atomic E-state index is 12.6. The van der Waals surface area contributed by atoms with Crippen LogP contribution in [0.2, 0.25) is 0 Å². The number of fused-ring (bicyclic) bond motifs is 1. The summed E-state index contributed by atoms with van der Waals surface area (Å²) in [5.41, 5.74) is 2.22. The maximum Gasteiger partial charge on any atom is 0.243 e. The standard InChI is InChI=1S/C14H20N2O2S/c17-19(18,16-9-2-1-3-10-16)13-7-6-12-5-4-8-15-14(12)11-13/h6-7,11,15H,1-5,8-10H2. The molecule has 1 saturated heterocycles. The molecule has 104 valence electrons. The van der Waals surface area contributed by atoms with Gasteiger partial charge < -0.3 is 5.32 Å². The van der Waals surface area contributed by atoms with Crippen LogP contribution in [0.15, 0.2) is 23.1 Å². The summed E-state index contributed by atoms with van der Waals surface area (Å²) in [7, 11) is -3.30. The molecule has 0 aliphatic carbocycles. The molecule has 0 unspecified atom stereocenters. The Balaban J connectivity index is 1.92. The lowest BCUT2D eigenvalue weighted by molar-refractivity contribution is 0.346. The van der Waals surface area contributed by atoms with Gasteiger partial charge in [0.25, 0.3) is 0 Å². The first-order valence-electron chi connectivity index (χ1n) is 7.05. The van der Waals surface area contributed by atoms with Crippen LogP contribution in [-0.2, 0) is 16.4 Å². The third-order valence-electron chi connectivity index (χ3n) is 3.97. The molecule has 1 aromatic carbocycles. The summed E-state index contributed by atoms with van der Waals surface area (Å²) in [4.78, 5) is 0.433. The van der Waals surface area contributed by atoms with Gasteiger partial charge in [0.15, 0.2) is 0 Å². The van der Waals surface area contributed by atoms with Crippen LogP contribution in [0.1, 0.15) is 31.2 Å². The molecule has 0 amide bonds. The molecule has 0 radical (unpaired) electrons. The van der Waals surface area contributed by atoms with Gasteiger partial charge in [-0.15, -0.1) is 0 Å². The Labute approximate surface area is 114 Å². The molecule has 0 saturated carbocycles. The number of anilines is 1. The molecule has 0 atom stereocenters. The number of sulfonamides is 1. The van der Waals surface area contributed by atoms with E-state index in [-0.39, 0.29) is 0 Å². The largest absolute Gasteiger partial charge is 0.385 e. The van der Waals surface area contributed by atoms with Gasteiger partial charge in [-0.1, -0.05) is 12.5 Å². The number of hydrogen-bond acceptors (Lipinski definition) is 3. The van der Waals surface area contributed by atoms with Gasteiger partial charge >= 0.3 is 0 Å². The van der Waals surface area contributed by atoms with Crippen LogP contribution in [0.5, 0.6) is 0 Å². The second-order valence-electron chi connectivity index (χ2n) is 5.31. The molecule has 3 rings (SSSR count). The summed E-state index contributed by atoms with van der Waals surface area (Å²) >= 11 is 0. The summed E-state index contributed by atoms with van der Waals surface area (Å²) in [6.07, 6.45) is 5.24. The van der Waals surface area contributed by atoms with Gasteiger partial charge in [0.1, 0.15) is 0 Å². The summed E-state index contributed by atoms with van der Waals surface area (Å²) in [5, 5.41) is 3.30. The lowest BCUT2D eigenvalue weighted by atomic mass is 10.0. The van der Waals surface area contributed by atoms with Crippen molar-refractivity contribution in [1.82, 2.24) is 4.31 Å². The quantitative estimate of drug-likeness (QED) is 0.903.